The van der Waals surface area contributed by atoms with Crippen LogP contribution in [0.5, 0.6) is 0 Å². The van der Waals surface area contributed by atoms with Crippen molar-refractivity contribution < 1.29 is 24.6 Å². The highest BCUT2D eigenvalue weighted by atomic mass is 16.4. The van der Waals surface area contributed by atoms with Gasteiger partial charge in [0.25, 0.3) is 0 Å². The van der Waals surface area contributed by atoms with Gasteiger partial charge in [0.2, 0.25) is 5.91 Å². The standard InChI is InChI=1S/C18H35NO.C16H28O4/c1-2-3-4-5-6-7-8-9-10-11-12-13-14-15-16-17-18(19)20;1-2-3-4-5-6-7-8-9-10-11-12-14(16(19)20)13-15(17)18/h9-10H,2-8,11-17H2,1H3,(H2,19,20);11-12,14H,2-10,13H2,1H3,(H,17,18)(H,19,20)/b10-9-;. The van der Waals surface area contributed by atoms with E-state index in [1.807, 2.05) is 0 Å². The summed E-state index contributed by atoms with van der Waals surface area (Å²) < 4.78 is 0. The Balaban J connectivity index is 0. The number of carboxylic acid groups (broad SMARTS) is 2. The summed E-state index contributed by atoms with van der Waals surface area (Å²) in [6, 6.07) is 0. The maximum atomic E-state index is 10.8. The first kappa shape index (κ1) is 40.0. The molecular formula is C34H63NO5. The number of amides is 1. The molecule has 1 atom stereocenters. The van der Waals surface area contributed by atoms with Crippen molar-refractivity contribution in [2.45, 2.75) is 168 Å². The maximum absolute atomic E-state index is 10.8. The quantitative estimate of drug-likeness (QED) is 0.0644. The van der Waals surface area contributed by atoms with Gasteiger partial charge in [0, 0.05) is 6.42 Å². The Morgan fingerprint density at radius 1 is 0.575 bits per heavy atom. The van der Waals surface area contributed by atoms with Crippen LogP contribution in [0.25, 0.3) is 0 Å². The van der Waals surface area contributed by atoms with Crippen LogP contribution in [0.3, 0.4) is 0 Å². The second-order valence-corrected chi connectivity index (χ2v) is 11.0. The van der Waals surface area contributed by atoms with Crippen molar-refractivity contribution >= 4 is 17.8 Å². The number of nitrogens with two attached hydrogens (primary N) is 1. The second-order valence-electron chi connectivity index (χ2n) is 11.0. The summed E-state index contributed by atoms with van der Waals surface area (Å²) in [6.45, 7) is 4.47. The van der Waals surface area contributed by atoms with Crippen LogP contribution in [0.1, 0.15) is 168 Å². The lowest BCUT2D eigenvalue weighted by atomic mass is 10.0. The lowest BCUT2D eigenvalue weighted by Crippen LogP contribution is -2.15. The zero-order valence-electron chi connectivity index (χ0n) is 26.1. The number of primary amides is 1. The molecule has 0 aromatic carbocycles. The van der Waals surface area contributed by atoms with Crippen molar-refractivity contribution in [1.82, 2.24) is 0 Å². The third-order valence-corrected chi connectivity index (χ3v) is 6.99. The largest absolute Gasteiger partial charge is 0.481 e. The first-order valence-corrected chi connectivity index (χ1v) is 16.4. The third kappa shape index (κ3) is 35.9. The molecule has 0 aromatic rings. The molecule has 0 aliphatic carbocycles. The van der Waals surface area contributed by atoms with Crippen LogP contribution in [-0.4, -0.2) is 28.1 Å². The lowest BCUT2D eigenvalue weighted by molar-refractivity contribution is -0.146. The van der Waals surface area contributed by atoms with E-state index in [0.717, 1.165) is 32.1 Å². The summed E-state index contributed by atoms with van der Waals surface area (Å²) in [5.41, 5.74) is 5.10. The van der Waals surface area contributed by atoms with Gasteiger partial charge >= 0.3 is 11.9 Å². The van der Waals surface area contributed by atoms with Gasteiger partial charge in [-0.2, -0.15) is 0 Å². The van der Waals surface area contributed by atoms with E-state index in [2.05, 4.69) is 26.0 Å². The molecule has 6 nitrogen and oxygen atoms in total. The number of hydrogen-bond acceptors (Lipinski definition) is 3. The molecular weight excluding hydrogens is 502 g/mol. The number of allylic oxidation sites excluding steroid dienone is 3. The summed E-state index contributed by atoms with van der Waals surface area (Å²) in [5, 5.41) is 17.4. The molecule has 0 fully saturated rings. The van der Waals surface area contributed by atoms with Crippen LogP contribution >= 0.6 is 0 Å². The zero-order chi connectivity index (χ0) is 30.1. The number of rotatable bonds is 28. The number of hydrogen-bond donors (Lipinski definition) is 3. The highest BCUT2D eigenvalue weighted by molar-refractivity contribution is 5.79. The molecule has 6 heteroatoms. The van der Waals surface area contributed by atoms with Crippen LogP contribution < -0.4 is 5.73 Å². The van der Waals surface area contributed by atoms with E-state index in [9.17, 15) is 14.4 Å². The van der Waals surface area contributed by atoms with Crippen molar-refractivity contribution in [3.05, 3.63) is 24.3 Å². The number of unbranched alkanes of at least 4 members (excludes halogenated alkanes) is 19. The molecule has 0 spiro atoms. The topological polar surface area (TPSA) is 118 Å². The first-order valence-electron chi connectivity index (χ1n) is 16.4. The summed E-state index contributed by atoms with van der Waals surface area (Å²) >= 11 is 0. The Hall–Kier alpha value is -2.11. The molecule has 4 N–H and O–H groups in total. The fourth-order valence-electron chi connectivity index (χ4n) is 4.45. The molecule has 0 aliphatic rings. The summed E-state index contributed by atoms with van der Waals surface area (Å²) in [4.78, 5) is 31.9. The van der Waals surface area contributed by atoms with Crippen molar-refractivity contribution in [3.8, 4) is 0 Å². The normalized spacial score (nSPS) is 11.9. The Morgan fingerprint density at radius 2 is 0.950 bits per heavy atom. The smallest absolute Gasteiger partial charge is 0.310 e. The highest BCUT2D eigenvalue weighted by Crippen LogP contribution is 2.12. The van der Waals surface area contributed by atoms with Gasteiger partial charge in [-0.05, 0) is 44.9 Å². The average molecular weight is 566 g/mol. The summed E-state index contributed by atoms with van der Waals surface area (Å²) in [6.07, 6.45) is 35.7. The number of carbonyl (C=O) groups excluding carboxylic acids is 1. The molecule has 40 heavy (non-hydrogen) atoms. The minimum absolute atomic E-state index is 0.164. The molecule has 0 aromatic heterocycles. The first-order chi connectivity index (χ1) is 19.3. The Bertz CT molecular complexity index is 644. The molecule has 1 amide bonds. The van der Waals surface area contributed by atoms with Crippen molar-refractivity contribution in [2.24, 2.45) is 11.7 Å². The molecule has 0 saturated heterocycles. The predicted molar refractivity (Wildman–Crippen MR) is 168 cm³/mol. The van der Waals surface area contributed by atoms with Gasteiger partial charge in [-0.3, -0.25) is 14.4 Å². The van der Waals surface area contributed by atoms with Crippen molar-refractivity contribution in [3.63, 3.8) is 0 Å². The molecule has 0 saturated carbocycles. The average Bonchev–Trinajstić information content (AvgIpc) is 2.91. The number of carboxylic acids is 2. The van der Waals surface area contributed by atoms with Gasteiger partial charge in [0.1, 0.15) is 0 Å². The Kier molecular flexibility index (Phi) is 33.1. The Labute approximate surface area is 246 Å². The fraction of sp³-hybridized carbons (Fsp3) is 0.794. The molecule has 0 rings (SSSR count). The Morgan fingerprint density at radius 3 is 1.32 bits per heavy atom. The van der Waals surface area contributed by atoms with Gasteiger partial charge < -0.3 is 15.9 Å². The van der Waals surface area contributed by atoms with Crippen molar-refractivity contribution in [2.75, 3.05) is 0 Å². The van der Waals surface area contributed by atoms with E-state index >= 15 is 0 Å². The van der Waals surface area contributed by atoms with Gasteiger partial charge in [-0.25, -0.2) is 0 Å². The minimum Gasteiger partial charge on any atom is -0.481 e. The number of aliphatic carboxylic acids is 2. The lowest BCUT2D eigenvalue weighted by Gasteiger charge is -2.03. The van der Waals surface area contributed by atoms with Crippen LogP contribution in [0.2, 0.25) is 0 Å². The van der Waals surface area contributed by atoms with E-state index in [-0.39, 0.29) is 12.3 Å². The van der Waals surface area contributed by atoms with E-state index in [1.54, 1.807) is 6.08 Å². The van der Waals surface area contributed by atoms with Crippen LogP contribution in [0, 0.1) is 5.92 Å². The molecule has 0 bridgehead atoms. The predicted octanol–water partition coefficient (Wildman–Crippen LogP) is 9.76. The maximum Gasteiger partial charge on any atom is 0.310 e. The van der Waals surface area contributed by atoms with Gasteiger partial charge in [-0.1, -0.05) is 134 Å². The second kappa shape index (κ2) is 33.1. The van der Waals surface area contributed by atoms with Gasteiger partial charge in [0.05, 0.1) is 12.3 Å². The molecule has 1 unspecified atom stereocenters. The monoisotopic (exact) mass is 565 g/mol. The summed E-state index contributed by atoms with van der Waals surface area (Å²) in [5.74, 6) is -3.21. The molecule has 234 valence electrons. The minimum atomic E-state index is -1.07. The highest BCUT2D eigenvalue weighted by Gasteiger charge is 2.17. The third-order valence-electron chi connectivity index (χ3n) is 6.99. The fourth-order valence-corrected chi connectivity index (χ4v) is 4.45. The zero-order valence-corrected chi connectivity index (χ0v) is 26.1. The summed E-state index contributed by atoms with van der Waals surface area (Å²) in [7, 11) is 0. The van der Waals surface area contributed by atoms with E-state index in [4.69, 9.17) is 15.9 Å². The van der Waals surface area contributed by atoms with Crippen molar-refractivity contribution in [1.29, 1.82) is 0 Å². The van der Waals surface area contributed by atoms with Crippen LogP contribution in [0.15, 0.2) is 24.3 Å². The van der Waals surface area contributed by atoms with E-state index < -0.39 is 17.9 Å². The number of carbonyl (C=O) groups is 3. The SMILES string of the molecule is CCCCCCCC/C=C\CCCCCCCC(N)=O.CCCCCCCCCCC=CC(CC(=O)O)C(=O)O. The molecule has 0 heterocycles. The van der Waals surface area contributed by atoms with Crippen LogP contribution in [-0.2, 0) is 14.4 Å². The van der Waals surface area contributed by atoms with Crippen LogP contribution in [0.4, 0.5) is 0 Å². The van der Waals surface area contributed by atoms with E-state index in [0.29, 0.717) is 6.42 Å². The van der Waals surface area contributed by atoms with E-state index in [1.165, 1.54) is 115 Å². The van der Waals surface area contributed by atoms with Gasteiger partial charge in [0.15, 0.2) is 0 Å². The molecule has 0 radical (unpaired) electrons. The van der Waals surface area contributed by atoms with Gasteiger partial charge in [-0.15, -0.1) is 0 Å². The molecule has 0 aliphatic heterocycles.